The van der Waals surface area contributed by atoms with Crippen LogP contribution in [-0.2, 0) is 26.2 Å². The van der Waals surface area contributed by atoms with E-state index in [0.29, 0.717) is 22.4 Å². The summed E-state index contributed by atoms with van der Waals surface area (Å²) in [5.74, 6) is -0.634. The molecule has 0 spiro atoms. The number of nitrogens with one attached hydrogen (secondary N) is 1. The highest BCUT2D eigenvalue weighted by Crippen LogP contribution is 2.32. The molecule has 1 N–H and O–H groups in total. The molecule has 2 aromatic rings. The summed E-state index contributed by atoms with van der Waals surface area (Å²) in [5, 5.41) is 1.81. The van der Waals surface area contributed by atoms with E-state index in [1.807, 2.05) is 0 Å². The summed E-state index contributed by atoms with van der Waals surface area (Å²) >= 11 is 0. The first-order chi connectivity index (χ1) is 13.5. The molecule has 1 aliphatic rings. The highest BCUT2D eigenvalue weighted by atomic mass is 32.2. The van der Waals surface area contributed by atoms with E-state index in [1.165, 1.54) is 19.2 Å². The zero-order chi connectivity index (χ0) is 21.4. The van der Waals surface area contributed by atoms with Gasteiger partial charge in [0.15, 0.2) is 19.7 Å². The Kier molecular flexibility index (Phi) is 6.03. The third-order valence-electron chi connectivity index (χ3n) is 5.21. The number of rotatable bonds is 6. The van der Waals surface area contributed by atoms with Crippen LogP contribution in [0.4, 0.5) is 4.39 Å². The highest BCUT2D eigenvalue weighted by molar-refractivity contribution is 7.96. The molecule has 158 valence electrons. The molecule has 0 radical (unpaired) electrons. The van der Waals surface area contributed by atoms with E-state index >= 15 is 0 Å². The molecule has 0 saturated carbocycles. The van der Waals surface area contributed by atoms with Gasteiger partial charge in [-0.1, -0.05) is 18.2 Å². The van der Waals surface area contributed by atoms with Crippen LogP contribution in [0.15, 0.2) is 41.3 Å². The van der Waals surface area contributed by atoms with Crippen molar-refractivity contribution in [2.45, 2.75) is 36.6 Å². The number of hydrogen-bond acceptors (Lipinski definition) is 6. The summed E-state index contributed by atoms with van der Waals surface area (Å²) in [6.07, 6.45) is 0. The molecular weight excluding hydrogens is 417 g/mol. The predicted octanol–water partition coefficient (Wildman–Crippen LogP) is 2.18. The van der Waals surface area contributed by atoms with Crippen LogP contribution in [0.3, 0.4) is 0 Å². The van der Waals surface area contributed by atoms with Gasteiger partial charge in [-0.05, 0) is 43.2 Å². The molecule has 6 nitrogen and oxygen atoms in total. The van der Waals surface area contributed by atoms with E-state index in [-0.39, 0.29) is 17.2 Å². The van der Waals surface area contributed by atoms with Crippen molar-refractivity contribution < 1.29 is 26.0 Å². The summed E-state index contributed by atoms with van der Waals surface area (Å²) in [7, 11) is -5.99. The number of aryl methyl sites for hydroxylation is 2. The molecule has 1 saturated heterocycles. The Bertz CT molecular complexity index is 1130. The van der Waals surface area contributed by atoms with Crippen molar-refractivity contribution in [1.82, 2.24) is 5.32 Å². The molecule has 0 bridgehead atoms. The van der Waals surface area contributed by atoms with Gasteiger partial charge in [0.1, 0.15) is 11.6 Å². The minimum absolute atomic E-state index is 0.0412. The monoisotopic (exact) mass is 441 g/mol. The molecule has 2 atom stereocenters. The Hall–Kier alpha value is -1.97. The van der Waals surface area contributed by atoms with Crippen LogP contribution in [0.2, 0.25) is 0 Å². The minimum atomic E-state index is -3.94. The Morgan fingerprint density at radius 3 is 2.48 bits per heavy atom. The zero-order valence-electron chi connectivity index (χ0n) is 16.5. The molecule has 0 aliphatic carbocycles. The average molecular weight is 442 g/mol. The fraction of sp³-hybridized carbons (Fsp3) is 0.400. The lowest BCUT2D eigenvalue weighted by Gasteiger charge is -2.22. The standard InChI is InChI=1S/C20H24FNO5S2/c1-13-9-19(14(2)8-18(13)27-3)29(25,26)20-12-28(23,24)11-17(20)22-10-15-6-4-5-7-16(15)21/h4-9,17,20,22H,10-12H2,1-3H3/t17-,20-/m0/s1. The summed E-state index contributed by atoms with van der Waals surface area (Å²) in [6.45, 7) is 3.43. The second kappa shape index (κ2) is 8.04. The first-order valence-electron chi connectivity index (χ1n) is 9.11. The predicted molar refractivity (Wildman–Crippen MR) is 109 cm³/mol. The molecule has 1 fully saturated rings. The largest absolute Gasteiger partial charge is 0.496 e. The van der Waals surface area contributed by atoms with Gasteiger partial charge in [-0.2, -0.15) is 0 Å². The first kappa shape index (κ1) is 21.7. The molecule has 0 unspecified atom stereocenters. The topological polar surface area (TPSA) is 89.5 Å². The second-order valence-electron chi connectivity index (χ2n) is 7.33. The smallest absolute Gasteiger partial charge is 0.184 e. The summed E-state index contributed by atoms with van der Waals surface area (Å²) in [5.41, 5.74) is 1.49. The normalized spacial score (nSPS) is 21.2. The number of halogens is 1. The third-order valence-corrected chi connectivity index (χ3v) is 9.50. The molecule has 1 aliphatic heterocycles. The number of methoxy groups -OCH3 is 1. The maximum absolute atomic E-state index is 13.9. The quantitative estimate of drug-likeness (QED) is 0.739. The van der Waals surface area contributed by atoms with E-state index < -0.39 is 42.5 Å². The van der Waals surface area contributed by atoms with Crippen molar-refractivity contribution in [3.8, 4) is 5.75 Å². The maximum Gasteiger partial charge on any atom is 0.184 e. The first-order valence-corrected chi connectivity index (χ1v) is 12.5. The van der Waals surface area contributed by atoms with Crippen molar-refractivity contribution in [3.05, 3.63) is 58.9 Å². The fourth-order valence-corrected chi connectivity index (χ4v) is 8.67. The number of benzene rings is 2. The minimum Gasteiger partial charge on any atom is -0.496 e. The van der Waals surface area contributed by atoms with Gasteiger partial charge in [0.2, 0.25) is 0 Å². The Morgan fingerprint density at radius 2 is 1.83 bits per heavy atom. The van der Waals surface area contributed by atoms with Crippen LogP contribution in [0.1, 0.15) is 16.7 Å². The van der Waals surface area contributed by atoms with Crippen molar-refractivity contribution >= 4 is 19.7 Å². The summed E-state index contributed by atoms with van der Waals surface area (Å²) in [4.78, 5) is 0.0931. The van der Waals surface area contributed by atoms with Gasteiger partial charge in [-0.3, -0.25) is 0 Å². The summed E-state index contributed by atoms with van der Waals surface area (Å²) in [6, 6.07) is 8.43. The van der Waals surface area contributed by atoms with Crippen molar-refractivity contribution in [2.24, 2.45) is 0 Å². The molecule has 1 heterocycles. The van der Waals surface area contributed by atoms with E-state index in [4.69, 9.17) is 4.74 Å². The number of hydrogen-bond donors (Lipinski definition) is 1. The molecule has 2 aromatic carbocycles. The highest BCUT2D eigenvalue weighted by Gasteiger charge is 2.46. The van der Waals surface area contributed by atoms with Crippen molar-refractivity contribution in [3.63, 3.8) is 0 Å². The fourth-order valence-electron chi connectivity index (χ4n) is 3.65. The van der Waals surface area contributed by atoms with Crippen molar-refractivity contribution in [1.29, 1.82) is 0 Å². The maximum atomic E-state index is 13.9. The lowest BCUT2D eigenvalue weighted by molar-refractivity contribution is 0.411. The van der Waals surface area contributed by atoms with Gasteiger partial charge < -0.3 is 10.1 Å². The van der Waals surface area contributed by atoms with Gasteiger partial charge >= 0.3 is 0 Å². The van der Waals surface area contributed by atoms with E-state index in [2.05, 4.69) is 5.32 Å². The lowest BCUT2D eigenvalue weighted by Crippen LogP contribution is -2.43. The lowest BCUT2D eigenvalue weighted by atomic mass is 10.1. The summed E-state index contributed by atoms with van der Waals surface area (Å²) < 4.78 is 70.4. The van der Waals surface area contributed by atoms with Crippen LogP contribution in [0, 0.1) is 19.7 Å². The number of ether oxygens (including phenoxy) is 1. The Morgan fingerprint density at radius 1 is 1.14 bits per heavy atom. The van der Waals surface area contributed by atoms with Crippen LogP contribution in [0.25, 0.3) is 0 Å². The van der Waals surface area contributed by atoms with Gasteiger partial charge in [0.25, 0.3) is 0 Å². The molecular formula is C20H24FNO5S2. The second-order valence-corrected chi connectivity index (χ2v) is 11.6. The van der Waals surface area contributed by atoms with Crippen LogP contribution in [-0.4, -0.2) is 46.7 Å². The van der Waals surface area contributed by atoms with Gasteiger partial charge in [0, 0.05) is 18.2 Å². The molecule has 29 heavy (non-hydrogen) atoms. The van der Waals surface area contributed by atoms with Crippen LogP contribution < -0.4 is 10.1 Å². The zero-order valence-corrected chi connectivity index (χ0v) is 18.1. The average Bonchev–Trinajstić information content (AvgIpc) is 2.98. The Balaban J connectivity index is 1.94. The van der Waals surface area contributed by atoms with Gasteiger partial charge in [0.05, 0.1) is 28.8 Å². The van der Waals surface area contributed by atoms with Crippen LogP contribution >= 0.6 is 0 Å². The Labute approximate surface area is 170 Å². The van der Waals surface area contributed by atoms with E-state index in [1.54, 1.807) is 38.1 Å². The molecule has 3 rings (SSSR count). The molecule has 9 heteroatoms. The third kappa shape index (κ3) is 4.46. The molecule has 0 aromatic heterocycles. The SMILES string of the molecule is COc1cc(C)c(S(=O)(=O)[C@H]2CS(=O)(=O)C[C@@H]2NCc2ccccc2F)cc1C. The van der Waals surface area contributed by atoms with Gasteiger partial charge in [-0.25, -0.2) is 21.2 Å². The van der Waals surface area contributed by atoms with Gasteiger partial charge in [-0.15, -0.1) is 0 Å². The molecule has 0 amide bonds. The van der Waals surface area contributed by atoms with E-state index in [9.17, 15) is 21.2 Å². The van der Waals surface area contributed by atoms with Crippen molar-refractivity contribution in [2.75, 3.05) is 18.6 Å². The van der Waals surface area contributed by atoms with Crippen LogP contribution in [0.5, 0.6) is 5.75 Å². The van der Waals surface area contributed by atoms with E-state index in [0.717, 1.165) is 0 Å². The number of sulfone groups is 2.